The molecule has 0 saturated heterocycles. The molecular formula is C11H12N2O3. The molecule has 0 unspecified atom stereocenters. The number of carbonyl (C=O) groups excluding carboxylic acids is 2. The summed E-state index contributed by atoms with van der Waals surface area (Å²) in [4.78, 5) is 22.1. The smallest absolute Gasteiger partial charge is 0.187 e. The van der Waals surface area contributed by atoms with E-state index in [9.17, 15) is 14.7 Å². The zero-order chi connectivity index (χ0) is 12.1. The normalized spacial score (nSPS) is 10.9. The molecule has 0 spiro atoms. The van der Waals surface area contributed by atoms with Gasteiger partial charge in [-0.25, -0.2) is 0 Å². The summed E-state index contributed by atoms with van der Waals surface area (Å²) in [5.74, 6) is -0.782. The van der Waals surface area contributed by atoms with Gasteiger partial charge in [0.15, 0.2) is 17.6 Å². The number of rotatable bonds is 4. The summed E-state index contributed by atoms with van der Waals surface area (Å²) >= 11 is 0. The van der Waals surface area contributed by atoms with E-state index in [2.05, 4.69) is 10.2 Å². The molecule has 0 aromatic heterocycles. The highest BCUT2D eigenvalue weighted by atomic mass is 16.3. The lowest BCUT2D eigenvalue weighted by molar-refractivity contribution is -0.126. The molecule has 1 rings (SSSR count). The average Bonchev–Trinajstić information content (AvgIpc) is 2.20. The quantitative estimate of drug-likeness (QED) is 0.622. The number of phenols is 1. The van der Waals surface area contributed by atoms with Crippen LogP contribution in [0.2, 0.25) is 0 Å². The molecule has 5 nitrogen and oxygen atoms in total. The average molecular weight is 220 g/mol. The zero-order valence-corrected chi connectivity index (χ0v) is 9.04. The molecule has 0 radical (unpaired) electrons. The van der Waals surface area contributed by atoms with Crippen LogP contribution in [0.3, 0.4) is 0 Å². The van der Waals surface area contributed by atoms with Crippen molar-refractivity contribution in [1.82, 2.24) is 0 Å². The Morgan fingerprint density at radius 2 is 1.75 bits per heavy atom. The predicted molar refractivity (Wildman–Crippen MR) is 57.8 cm³/mol. The fraction of sp³-hybridized carbons (Fsp3) is 0.273. The van der Waals surface area contributed by atoms with E-state index in [0.29, 0.717) is 0 Å². The van der Waals surface area contributed by atoms with E-state index < -0.39 is 6.04 Å². The fourth-order valence-electron chi connectivity index (χ4n) is 1.12. The van der Waals surface area contributed by atoms with Crippen LogP contribution in [0.4, 0.5) is 5.69 Å². The number of aromatic hydroxyl groups is 1. The Balaban J connectivity index is 2.91. The van der Waals surface area contributed by atoms with Gasteiger partial charge in [-0.15, -0.1) is 0 Å². The van der Waals surface area contributed by atoms with Gasteiger partial charge in [-0.2, -0.15) is 10.2 Å². The molecule has 1 aromatic carbocycles. The van der Waals surface area contributed by atoms with Crippen LogP contribution < -0.4 is 0 Å². The first kappa shape index (κ1) is 12.0. The number of hydrogen-bond acceptors (Lipinski definition) is 5. The largest absolute Gasteiger partial charge is 0.506 e. The molecule has 0 aliphatic rings. The van der Waals surface area contributed by atoms with Gasteiger partial charge < -0.3 is 5.11 Å². The van der Waals surface area contributed by atoms with Gasteiger partial charge in [-0.1, -0.05) is 12.1 Å². The maximum atomic E-state index is 11.1. The van der Waals surface area contributed by atoms with Crippen LogP contribution in [-0.2, 0) is 9.59 Å². The Morgan fingerprint density at radius 3 is 2.25 bits per heavy atom. The van der Waals surface area contributed by atoms with Gasteiger partial charge in [0.05, 0.1) is 0 Å². The first-order chi connectivity index (χ1) is 7.52. The van der Waals surface area contributed by atoms with Gasteiger partial charge in [0.25, 0.3) is 0 Å². The molecule has 5 heteroatoms. The standard InChI is InChI=1S/C11H12N2O3/c1-7(14)11(8(2)15)13-12-9-5-3-4-6-10(9)16/h3-6,11,16H,1-2H3. The third-order valence-corrected chi connectivity index (χ3v) is 1.93. The van der Waals surface area contributed by atoms with Crippen LogP contribution in [0.25, 0.3) is 0 Å². The van der Waals surface area contributed by atoms with Gasteiger partial charge in [0.1, 0.15) is 11.4 Å². The molecular weight excluding hydrogens is 208 g/mol. The Labute approximate surface area is 92.8 Å². The zero-order valence-electron chi connectivity index (χ0n) is 9.04. The van der Waals surface area contributed by atoms with E-state index in [4.69, 9.17) is 0 Å². The van der Waals surface area contributed by atoms with Gasteiger partial charge in [-0.05, 0) is 26.0 Å². The first-order valence-electron chi connectivity index (χ1n) is 4.72. The molecule has 0 heterocycles. The topological polar surface area (TPSA) is 79.1 Å². The van der Waals surface area contributed by atoms with Crippen LogP contribution >= 0.6 is 0 Å². The van der Waals surface area contributed by atoms with Gasteiger partial charge in [0.2, 0.25) is 0 Å². The number of ketones is 2. The van der Waals surface area contributed by atoms with Gasteiger partial charge in [-0.3, -0.25) is 9.59 Å². The molecule has 0 aliphatic carbocycles. The number of para-hydroxylation sites is 1. The van der Waals surface area contributed by atoms with Crippen LogP contribution in [0.1, 0.15) is 13.8 Å². The number of benzene rings is 1. The van der Waals surface area contributed by atoms with Crippen molar-refractivity contribution in [1.29, 1.82) is 0 Å². The van der Waals surface area contributed by atoms with E-state index >= 15 is 0 Å². The molecule has 1 aromatic rings. The Morgan fingerprint density at radius 1 is 1.19 bits per heavy atom. The van der Waals surface area contributed by atoms with Crippen LogP contribution in [0.5, 0.6) is 5.75 Å². The molecule has 84 valence electrons. The molecule has 0 bridgehead atoms. The van der Waals surface area contributed by atoms with E-state index in [1.54, 1.807) is 12.1 Å². The molecule has 0 atom stereocenters. The van der Waals surface area contributed by atoms with Crippen molar-refractivity contribution in [3.05, 3.63) is 24.3 Å². The van der Waals surface area contributed by atoms with Crippen molar-refractivity contribution in [2.45, 2.75) is 19.9 Å². The van der Waals surface area contributed by atoms with Crippen molar-refractivity contribution in [2.24, 2.45) is 10.2 Å². The number of nitrogens with zero attached hydrogens (tertiary/aromatic N) is 2. The Kier molecular flexibility index (Phi) is 3.88. The molecule has 0 aliphatic heterocycles. The van der Waals surface area contributed by atoms with Crippen molar-refractivity contribution < 1.29 is 14.7 Å². The number of phenolic OH excluding ortho intramolecular Hbond substituents is 1. The van der Waals surface area contributed by atoms with Crippen LogP contribution in [0.15, 0.2) is 34.5 Å². The maximum absolute atomic E-state index is 11.1. The van der Waals surface area contributed by atoms with Gasteiger partial charge in [0, 0.05) is 0 Å². The summed E-state index contributed by atoms with van der Waals surface area (Å²) in [6.07, 6.45) is 0. The second kappa shape index (κ2) is 5.16. The molecule has 0 saturated carbocycles. The van der Waals surface area contributed by atoms with Crippen LogP contribution in [-0.4, -0.2) is 22.7 Å². The Hall–Kier alpha value is -2.04. The summed E-state index contributed by atoms with van der Waals surface area (Å²) < 4.78 is 0. The third-order valence-electron chi connectivity index (χ3n) is 1.93. The number of carbonyl (C=O) groups is 2. The lowest BCUT2D eigenvalue weighted by atomic mass is 10.1. The van der Waals surface area contributed by atoms with Gasteiger partial charge >= 0.3 is 0 Å². The van der Waals surface area contributed by atoms with E-state index in [1.807, 2.05) is 0 Å². The highest BCUT2D eigenvalue weighted by molar-refractivity contribution is 6.04. The summed E-state index contributed by atoms with van der Waals surface area (Å²) in [6, 6.07) is 5.22. The second-order valence-electron chi connectivity index (χ2n) is 3.33. The minimum absolute atomic E-state index is 0.0443. The highest BCUT2D eigenvalue weighted by Gasteiger charge is 2.18. The van der Waals surface area contributed by atoms with Crippen molar-refractivity contribution in [3.63, 3.8) is 0 Å². The summed E-state index contributed by atoms with van der Waals surface area (Å²) in [5, 5.41) is 16.7. The number of hydrogen-bond donors (Lipinski definition) is 1. The monoisotopic (exact) mass is 220 g/mol. The summed E-state index contributed by atoms with van der Waals surface area (Å²) in [6.45, 7) is 2.55. The molecule has 1 N–H and O–H groups in total. The lowest BCUT2D eigenvalue weighted by Crippen LogP contribution is -2.23. The predicted octanol–water partition coefficient (Wildman–Crippen LogP) is 2.02. The lowest BCUT2D eigenvalue weighted by Gasteiger charge is -2.02. The SMILES string of the molecule is CC(=O)C(N=Nc1ccccc1O)C(C)=O. The highest BCUT2D eigenvalue weighted by Crippen LogP contribution is 2.25. The minimum Gasteiger partial charge on any atom is -0.506 e. The third kappa shape index (κ3) is 2.98. The fourth-order valence-corrected chi connectivity index (χ4v) is 1.12. The summed E-state index contributed by atoms with van der Waals surface area (Å²) in [5.41, 5.74) is 0.231. The second-order valence-corrected chi connectivity index (χ2v) is 3.33. The van der Waals surface area contributed by atoms with Crippen LogP contribution in [0, 0.1) is 0 Å². The van der Waals surface area contributed by atoms with E-state index in [-0.39, 0.29) is 23.0 Å². The van der Waals surface area contributed by atoms with Crippen molar-refractivity contribution >= 4 is 17.3 Å². The first-order valence-corrected chi connectivity index (χ1v) is 4.72. The van der Waals surface area contributed by atoms with E-state index in [1.165, 1.54) is 26.0 Å². The molecule has 0 amide bonds. The Bertz CT molecular complexity index is 427. The number of Topliss-reactive ketones (excluding diaryl/α,β-unsaturated/α-hetero) is 2. The minimum atomic E-state index is -1.08. The van der Waals surface area contributed by atoms with Crippen molar-refractivity contribution in [2.75, 3.05) is 0 Å². The van der Waals surface area contributed by atoms with Crippen molar-refractivity contribution in [3.8, 4) is 5.75 Å². The maximum Gasteiger partial charge on any atom is 0.187 e. The molecule has 16 heavy (non-hydrogen) atoms. The van der Waals surface area contributed by atoms with E-state index in [0.717, 1.165) is 0 Å². The summed E-state index contributed by atoms with van der Waals surface area (Å²) in [7, 11) is 0. The number of azo groups is 1. The molecule has 0 fully saturated rings.